The summed E-state index contributed by atoms with van der Waals surface area (Å²) in [5.74, 6) is -0.212. The molecule has 0 aliphatic carbocycles. The summed E-state index contributed by atoms with van der Waals surface area (Å²) < 4.78 is 14.7. The third-order valence-electron chi connectivity index (χ3n) is 2.64. The van der Waals surface area contributed by atoms with Crippen LogP contribution in [0.25, 0.3) is 16.6 Å². The molecule has 0 atom stereocenters. The second-order valence-corrected chi connectivity index (χ2v) is 3.75. The summed E-state index contributed by atoms with van der Waals surface area (Å²) in [6, 6.07) is 11.3. The quantitative estimate of drug-likeness (QED) is 0.695. The summed E-state index contributed by atoms with van der Waals surface area (Å²) in [6.07, 6.45) is 1.64. The smallest absolute Gasteiger partial charge is 0.141 e. The first kappa shape index (κ1) is 9.84. The maximum absolute atomic E-state index is 13.2. The van der Waals surface area contributed by atoms with Crippen molar-refractivity contribution in [2.24, 2.45) is 0 Å². The number of benzene rings is 2. The van der Waals surface area contributed by atoms with Crippen molar-refractivity contribution in [1.29, 1.82) is 0 Å². The molecule has 0 aliphatic heterocycles. The van der Waals surface area contributed by atoms with Crippen molar-refractivity contribution in [2.45, 2.75) is 0 Å². The molecule has 0 aliphatic rings. The predicted octanol–water partition coefficient (Wildman–Crippen LogP) is 2.87. The maximum Gasteiger partial charge on any atom is 0.141 e. The minimum Gasteiger partial charge on any atom is -0.506 e. The molecule has 0 spiro atoms. The van der Waals surface area contributed by atoms with E-state index in [2.05, 4.69) is 5.10 Å². The maximum atomic E-state index is 13.2. The fourth-order valence-corrected chi connectivity index (χ4v) is 1.83. The third-order valence-corrected chi connectivity index (χ3v) is 2.64. The molecule has 0 fully saturated rings. The van der Waals surface area contributed by atoms with Gasteiger partial charge in [0, 0.05) is 11.5 Å². The molecule has 3 nitrogen and oxygen atoms in total. The van der Waals surface area contributed by atoms with Gasteiger partial charge in [-0.15, -0.1) is 0 Å². The van der Waals surface area contributed by atoms with E-state index in [0.717, 1.165) is 5.39 Å². The average Bonchev–Trinajstić information content (AvgIpc) is 2.72. The Balaban J connectivity index is 2.31. The summed E-state index contributed by atoms with van der Waals surface area (Å²) in [4.78, 5) is 0. The standard InChI is InChI=1S/C13H9FN2O/c14-10-6-5-9-8-15-16(12(9)7-10)11-3-1-2-4-13(11)17/h1-8,17H. The van der Waals surface area contributed by atoms with Gasteiger partial charge in [-0.3, -0.25) is 0 Å². The molecule has 1 N–H and O–H groups in total. The summed E-state index contributed by atoms with van der Waals surface area (Å²) in [6.45, 7) is 0. The van der Waals surface area contributed by atoms with Crippen LogP contribution in [-0.4, -0.2) is 14.9 Å². The number of nitrogens with zero attached hydrogens (tertiary/aromatic N) is 2. The second-order valence-electron chi connectivity index (χ2n) is 3.75. The van der Waals surface area contributed by atoms with E-state index in [1.807, 2.05) is 0 Å². The minimum atomic E-state index is -0.324. The summed E-state index contributed by atoms with van der Waals surface area (Å²) >= 11 is 0. The number of rotatable bonds is 1. The van der Waals surface area contributed by atoms with Gasteiger partial charge in [0.2, 0.25) is 0 Å². The number of fused-ring (bicyclic) bond motifs is 1. The van der Waals surface area contributed by atoms with Crippen LogP contribution in [0.5, 0.6) is 5.75 Å². The first-order valence-electron chi connectivity index (χ1n) is 5.17. The monoisotopic (exact) mass is 228 g/mol. The van der Waals surface area contributed by atoms with Crippen LogP contribution >= 0.6 is 0 Å². The fourth-order valence-electron chi connectivity index (χ4n) is 1.83. The average molecular weight is 228 g/mol. The van der Waals surface area contributed by atoms with Crippen molar-refractivity contribution in [3.05, 3.63) is 54.5 Å². The van der Waals surface area contributed by atoms with Crippen LogP contribution in [0.4, 0.5) is 4.39 Å². The first-order valence-corrected chi connectivity index (χ1v) is 5.17. The highest BCUT2D eigenvalue weighted by atomic mass is 19.1. The van der Waals surface area contributed by atoms with E-state index in [1.165, 1.54) is 16.8 Å². The van der Waals surface area contributed by atoms with Gasteiger partial charge in [-0.05, 0) is 24.3 Å². The first-order chi connectivity index (χ1) is 8.25. The summed E-state index contributed by atoms with van der Waals surface area (Å²) in [7, 11) is 0. The van der Waals surface area contributed by atoms with Gasteiger partial charge in [-0.25, -0.2) is 9.07 Å². The van der Waals surface area contributed by atoms with Gasteiger partial charge >= 0.3 is 0 Å². The van der Waals surface area contributed by atoms with Crippen molar-refractivity contribution in [3.63, 3.8) is 0 Å². The summed E-state index contributed by atoms with van der Waals surface area (Å²) in [5.41, 5.74) is 1.17. The molecule has 0 bridgehead atoms. The zero-order valence-corrected chi connectivity index (χ0v) is 8.84. The number of hydrogen-bond donors (Lipinski definition) is 1. The number of aromatic nitrogens is 2. The van der Waals surface area contributed by atoms with Crippen molar-refractivity contribution < 1.29 is 9.50 Å². The van der Waals surface area contributed by atoms with Crippen molar-refractivity contribution in [2.75, 3.05) is 0 Å². The Morgan fingerprint density at radius 3 is 2.76 bits per heavy atom. The molecule has 1 heterocycles. The zero-order chi connectivity index (χ0) is 11.8. The minimum absolute atomic E-state index is 0.113. The SMILES string of the molecule is Oc1ccccc1-n1ncc2ccc(F)cc21. The molecule has 4 heteroatoms. The van der Waals surface area contributed by atoms with Crippen LogP contribution in [0.15, 0.2) is 48.7 Å². The zero-order valence-electron chi connectivity index (χ0n) is 8.84. The molecule has 3 aromatic rings. The number of hydrogen-bond acceptors (Lipinski definition) is 2. The van der Waals surface area contributed by atoms with Crippen LogP contribution in [0, 0.1) is 5.82 Å². The number of phenolic OH excluding ortho intramolecular Hbond substituents is 1. The molecule has 1 aromatic heterocycles. The lowest BCUT2D eigenvalue weighted by Gasteiger charge is -2.05. The lowest BCUT2D eigenvalue weighted by Crippen LogP contribution is -1.96. The lowest BCUT2D eigenvalue weighted by atomic mass is 10.2. The van der Waals surface area contributed by atoms with E-state index in [0.29, 0.717) is 11.2 Å². The normalized spacial score (nSPS) is 10.9. The Morgan fingerprint density at radius 1 is 1.12 bits per heavy atom. The van der Waals surface area contributed by atoms with E-state index < -0.39 is 0 Å². The highest BCUT2D eigenvalue weighted by Gasteiger charge is 2.08. The predicted molar refractivity (Wildman–Crippen MR) is 62.7 cm³/mol. The van der Waals surface area contributed by atoms with Crippen LogP contribution in [-0.2, 0) is 0 Å². The molecule has 0 amide bonds. The van der Waals surface area contributed by atoms with E-state index in [4.69, 9.17) is 0 Å². The van der Waals surface area contributed by atoms with Crippen molar-refractivity contribution in [3.8, 4) is 11.4 Å². The van der Waals surface area contributed by atoms with E-state index >= 15 is 0 Å². The Kier molecular flexibility index (Phi) is 2.08. The largest absolute Gasteiger partial charge is 0.506 e. The molecular weight excluding hydrogens is 219 g/mol. The molecule has 3 rings (SSSR count). The Morgan fingerprint density at radius 2 is 1.94 bits per heavy atom. The van der Waals surface area contributed by atoms with Gasteiger partial charge in [0.05, 0.1) is 11.7 Å². The number of halogens is 1. The lowest BCUT2D eigenvalue weighted by molar-refractivity contribution is 0.471. The number of aromatic hydroxyl groups is 1. The Bertz CT molecular complexity index is 691. The van der Waals surface area contributed by atoms with Crippen LogP contribution < -0.4 is 0 Å². The molecule has 17 heavy (non-hydrogen) atoms. The third kappa shape index (κ3) is 1.54. The van der Waals surface area contributed by atoms with Crippen LogP contribution in [0.1, 0.15) is 0 Å². The molecular formula is C13H9FN2O. The van der Waals surface area contributed by atoms with Crippen LogP contribution in [0.2, 0.25) is 0 Å². The van der Waals surface area contributed by atoms with Crippen molar-refractivity contribution >= 4 is 10.9 Å². The van der Waals surface area contributed by atoms with E-state index in [1.54, 1.807) is 36.5 Å². The van der Waals surface area contributed by atoms with Crippen molar-refractivity contribution in [1.82, 2.24) is 9.78 Å². The second kappa shape index (κ2) is 3.59. The highest BCUT2D eigenvalue weighted by molar-refractivity contribution is 5.80. The van der Waals surface area contributed by atoms with Gasteiger partial charge in [-0.2, -0.15) is 5.10 Å². The molecule has 2 aromatic carbocycles. The van der Waals surface area contributed by atoms with E-state index in [9.17, 15) is 9.50 Å². The Labute approximate surface area is 96.7 Å². The molecule has 0 unspecified atom stereocenters. The van der Waals surface area contributed by atoms with Gasteiger partial charge in [0.15, 0.2) is 0 Å². The number of para-hydroxylation sites is 2. The van der Waals surface area contributed by atoms with Gasteiger partial charge in [0.1, 0.15) is 17.3 Å². The molecule has 0 saturated carbocycles. The fraction of sp³-hybridized carbons (Fsp3) is 0. The van der Waals surface area contributed by atoms with E-state index in [-0.39, 0.29) is 11.6 Å². The molecule has 0 radical (unpaired) electrons. The highest BCUT2D eigenvalue weighted by Crippen LogP contribution is 2.25. The summed E-state index contributed by atoms with van der Waals surface area (Å²) in [5, 5.41) is 14.7. The van der Waals surface area contributed by atoms with Gasteiger partial charge in [0.25, 0.3) is 0 Å². The number of phenols is 1. The molecule has 84 valence electrons. The van der Waals surface area contributed by atoms with Crippen LogP contribution in [0.3, 0.4) is 0 Å². The van der Waals surface area contributed by atoms with Gasteiger partial charge < -0.3 is 5.11 Å². The Hall–Kier alpha value is -2.36. The van der Waals surface area contributed by atoms with Gasteiger partial charge in [-0.1, -0.05) is 12.1 Å². The topological polar surface area (TPSA) is 38.0 Å². The molecule has 0 saturated heterocycles.